The molecule has 0 amide bonds. The van der Waals surface area contributed by atoms with Crippen molar-refractivity contribution in [2.24, 2.45) is 0 Å². The Hall–Kier alpha value is -1.88. The van der Waals surface area contributed by atoms with E-state index < -0.39 is 0 Å². The van der Waals surface area contributed by atoms with Crippen LogP contribution in [-0.4, -0.2) is 29.8 Å². The van der Waals surface area contributed by atoms with Gasteiger partial charge in [-0.05, 0) is 11.6 Å². The normalized spacial score (nSPS) is 10.6. The second-order valence-electron chi connectivity index (χ2n) is 3.79. The molecule has 0 atom stereocenters. The number of methoxy groups -OCH3 is 1. The Morgan fingerprint density at radius 2 is 2.41 bits per heavy atom. The summed E-state index contributed by atoms with van der Waals surface area (Å²) in [7, 11) is 1.40. The van der Waals surface area contributed by atoms with Gasteiger partial charge in [0.2, 0.25) is 0 Å². The first-order valence-electron chi connectivity index (χ1n) is 5.49. The fraction of sp³-hybridized carbons (Fsp3) is 0.333. The third-order valence-electron chi connectivity index (χ3n) is 2.57. The van der Waals surface area contributed by atoms with Crippen molar-refractivity contribution in [2.75, 3.05) is 13.7 Å². The highest BCUT2D eigenvalue weighted by Gasteiger charge is 2.00. The predicted molar refractivity (Wildman–Crippen MR) is 64.4 cm³/mol. The Morgan fingerprint density at radius 3 is 3.24 bits per heavy atom. The molecule has 0 spiro atoms. The maximum Gasteiger partial charge on any atom is 0.306 e. The molecule has 0 radical (unpaired) electrons. The number of H-pyrrole nitrogens is 1. The van der Waals surface area contributed by atoms with E-state index in [1.165, 1.54) is 7.11 Å². The molecule has 17 heavy (non-hydrogen) atoms. The van der Waals surface area contributed by atoms with Gasteiger partial charge in [-0.1, -0.05) is 12.1 Å². The van der Waals surface area contributed by atoms with Crippen molar-refractivity contribution in [1.29, 1.82) is 0 Å². The summed E-state index contributed by atoms with van der Waals surface area (Å²) in [6.45, 7) is 1.35. The molecule has 5 heteroatoms. The van der Waals surface area contributed by atoms with Crippen molar-refractivity contribution in [3.63, 3.8) is 0 Å². The number of carbonyl (C=O) groups excluding carboxylic acids is 1. The maximum atomic E-state index is 10.9. The molecule has 1 heterocycles. The Bertz CT molecular complexity index is 507. The fourth-order valence-corrected chi connectivity index (χ4v) is 1.62. The molecule has 0 aliphatic carbocycles. The summed E-state index contributed by atoms with van der Waals surface area (Å²) in [5, 5.41) is 11.2. The molecule has 1 aromatic carbocycles. The van der Waals surface area contributed by atoms with E-state index in [1.54, 1.807) is 6.20 Å². The number of ether oxygens (including phenoxy) is 1. The number of carbonyl (C=O) groups is 1. The minimum Gasteiger partial charge on any atom is -0.469 e. The van der Waals surface area contributed by atoms with Crippen LogP contribution in [0.5, 0.6) is 0 Å². The van der Waals surface area contributed by atoms with E-state index in [2.05, 4.69) is 20.3 Å². The first kappa shape index (κ1) is 11.6. The zero-order valence-electron chi connectivity index (χ0n) is 9.69. The molecule has 5 nitrogen and oxygen atoms in total. The summed E-state index contributed by atoms with van der Waals surface area (Å²) in [5.74, 6) is -0.193. The highest BCUT2D eigenvalue weighted by molar-refractivity contribution is 5.78. The molecular formula is C12H15N3O2. The molecule has 0 bridgehead atoms. The Kier molecular flexibility index (Phi) is 3.72. The SMILES string of the molecule is COC(=O)CCNCc1ccc2cn[nH]c2c1. The number of hydrogen-bond acceptors (Lipinski definition) is 4. The summed E-state index contributed by atoms with van der Waals surface area (Å²) in [6, 6.07) is 6.12. The van der Waals surface area contributed by atoms with Crippen molar-refractivity contribution in [3.8, 4) is 0 Å². The number of rotatable bonds is 5. The van der Waals surface area contributed by atoms with Crippen LogP contribution in [0.25, 0.3) is 10.9 Å². The van der Waals surface area contributed by atoms with E-state index in [0.717, 1.165) is 23.0 Å². The van der Waals surface area contributed by atoms with Gasteiger partial charge in [-0.25, -0.2) is 0 Å². The number of aromatic nitrogens is 2. The second kappa shape index (κ2) is 5.45. The fourth-order valence-electron chi connectivity index (χ4n) is 1.62. The first-order valence-corrected chi connectivity index (χ1v) is 5.49. The Balaban J connectivity index is 1.84. The molecular weight excluding hydrogens is 218 g/mol. The van der Waals surface area contributed by atoms with Gasteiger partial charge in [-0.3, -0.25) is 9.89 Å². The summed E-state index contributed by atoms with van der Waals surface area (Å²) >= 11 is 0. The van der Waals surface area contributed by atoms with Crippen molar-refractivity contribution in [3.05, 3.63) is 30.0 Å². The van der Waals surface area contributed by atoms with Gasteiger partial charge in [0.05, 0.1) is 25.2 Å². The van der Waals surface area contributed by atoms with E-state index in [-0.39, 0.29) is 5.97 Å². The van der Waals surface area contributed by atoms with Crippen molar-refractivity contribution in [2.45, 2.75) is 13.0 Å². The van der Waals surface area contributed by atoms with Crippen LogP contribution in [0.15, 0.2) is 24.4 Å². The molecule has 0 saturated carbocycles. The van der Waals surface area contributed by atoms with E-state index in [0.29, 0.717) is 13.0 Å². The van der Waals surface area contributed by atoms with Gasteiger partial charge in [0.25, 0.3) is 0 Å². The monoisotopic (exact) mass is 233 g/mol. The summed E-state index contributed by atoms with van der Waals surface area (Å²) in [4.78, 5) is 10.9. The lowest BCUT2D eigenvalue weighted by Gasteiger charge is -2.04. The predicted octanol–water partition coefficient (Wildman–Crippen LogP) is 1.22. The molecule has 1 aromatic heterocycles. The van der Waals surface area contributed by atoms with Gasteiger partial charge in [0.15, 0.2) is 0 Å². The third kappa shape index (κ3) is 3.04. The lowest BCUT2D eigenvalue weighted by molar-refractivity contribution is -0.140. The van der Waals surface area contributed by atoms with Gasteiger partial charge in [0.1, 0.15) is 0 Å². The Labute approximate surface area is 99.2 Å². The summed E-state index contributed by atoms with van der Waals surface area (Å²) < 4.78 is 4.56. The van der Waals surface area contributed by atoms with Crippen molar-refractivity contribution >= 4 is 16.9 Å². The minimum atomic E-state index is -0.193. The molecule has 2 N–H and O–H groups in total. The van der Waals surface area contributed by atoms with Crippen LogP contribution in [0.2, 0.25) is 0 Å². The average molecular weight is 233 g/mol. The number of esters is 1. The van der Waals surface area contributed by atoms with Crippen molar-refractivity contribution < 1.29 is 9.53 Å². The molecule has 2 rings (SSSR count). The minimum absolute atomic E-state index is 0.193. The highest BCUT2D eigenvalue weighted by Crippen LogP contribution is 2.12. The zero-order chi connectivity index (χ0) is 12.1. The largest absolute Gasteiger partial charge is 0.469 e. The molecule has 0 aliphatic rings. The van der Waals surface area contributed by atoms with Gasteiger partial charge < -0.3 is 10.1 Å². The van der Waals surface area contributed by atoms with Gasteiger partial charge in [-0.15, -0.1) is 0 Å². The number of nitrogens with one attached hydrogen (secondary N) is 2. The van der Waals surface area contributed by atoms with Gasteiger partial charge >= 0.3 is 5.97 Å². The van der Waals surface area contributed by atoms with Gasteiger partial charge in [-0.2, -0.15) is 5.10 Å². The highest BCUT2D eigenvalue weighted by atomic mass is 16.5. The summed E-state index contributed by atoms with van der Waals surface area (Å²) in [5.41, 5.74) is 2.18. The van der Waals surface area contributed by atoms with Crippen LogP contribution in [0, 0.1) is 0 Å². The van der Waals surface area contributed by atoms with Crippen LogP contribution in [0.3, 0.4) is 0 Å². The van der Waals surface area contributed by atoms with E-state index >= 15 is 0 Å². The maximum absolute atomic E-state index is 10.9. The number of benzene rings is 1. The number of nitrogens with zero attached hydrogens (tertiary/aromatic N) is 1. The van der Waals surface area contributed by atoms with Crippen molar-refractivity contribution in [1.82, 2.24) is 15.5 Å². The third-order valence-corrected chi connectivity index (χ3v) is 2.57. The smallest absolute Gasteiger partial charge is 0.306 e. The molecule has 0 aliphatic heterocycles. The molecule has 2 aromatic rings. The lowest BCUT2D eigenvalue weighted by atomic mass is 10.1. The average Bonchev–Trinajstić information content (AvgIpc) is 2.81. The molecule has 90 valence electrons. The van der Waals surface area contributed by atoms with E-state index in [4.69, 9.17) is 0 Å². The van der Waals surface area contributed by atoms with Crippen LogP contribution in [0.1, 0.15) is 12.0 Å². The van der Waals surface area contributed by atoms with Crippen LogP contribution in [-0.2, 0) is 16.1 Å². The number of fused-ring (bicyclic) bond motifs is 1. The zero-order valence-corrected chi connectivity index (χ0v) is 9.69. The number of aromatic amines is 1. The number of hydrogen-bond donors (Lipinski definition) is 2. The topological polar surface area (TPSA) is 67.0 Å². The second-order valence-corrected chi connectivity index (χ2v) is 3.79. The first-order chi connectivity index (χ1) is 8.29. The standard InChI is InChI=1S/C12H15N3O2/c1-17-12(16)4-5-13-7-9-2-3-10-8-14-15-11(10)6-9/h2-3,6,8,13H,4-5,7H2,1H3,(H,14,15). The van der Waals surface area contributed by atoms with Crippen LogP contribution >= 0.6 is 0 Å². The molecule has 0 unspecified atom stereocenters. The lowest BCUT2D eigenvalue weighted by Crippen LogP contribution is -2.18. The molecule has 0 saturated heterocycles. The quantitative estimate of drug-likeness (QED) is 0.602. The van der Waals surface area contributed by atoms with Crippen LogP contribution < -0.4 is 5.32 Å². The summed E-state index contributed by atoms with van der Waals surface area (Å²) in [6.07, 6.45) is 2.19. The van der Waals surface area contributed by atoms with Gasteiger partial charge in [0, 0.05) is 18.5 Å². The Morgan fingerprint density at radius 1 is 1.53 bits per heavy atom. The van der Waals surface area contributed by atoms with E-state index in [9.17, 15) is 4.79 Å². The van der Waals surface area contributed by atoms with Crippen LogP contribution in [0.4, 0.5) is 0 Å². The molecule has 0 fully saturated rings. The van der Waals surface area contributed by atoms with E-state index in [1.807, 2.05) is 18.2 Å².